The zero-order chi connectivity index (χ0) is 14.0. The summed E-state index contributed by atoms with van der Waals surface area (Å²) in [6, 6.07) is 1.20. The maximum Gasteiger partial charge on any atom is 0.242 e. The molecule has 100 valence electrons. The molecule has 19 heavy (non-hydrogen) atoms. The quantitative estimate of drug-likeness (QED) is 0.741. The van der Waals surface area contributed by atoms with Crippen LogP contribution in [-0.4, -0.2) is 22.2 Å². The maximum absolute atomic E-state index is 12.6. The van der Waals surface area contributed by atoms with Gasteiger partial charge in [0.25, 0.3) is 0 Å². The van der Waals surface area contributed by atoms with Gasteiger partial charge in [-0.25, -0.2) is 0 Å². The molecule has 3 aliphatic rings. The van der Waals surface area contributed by atoms with Gasteiger partial charge in [0.05, 0.1) is 0 Å². The molecular weight excluding hydrogens is 268 g/mol. The lowest BCUT2D eigenvalue weighted by Gasteiger charge is -2.23. The summed E-state index contributed by atoms with van der Waals surface area (Å²) < 4.78 is 5.93. The highest BCUT2D eigenvalue weighted by atomic mass is 28.4. The second kappa shape index (κ2) is 3.70. The molecule has 2 aliphatic carbocycles. The Bertz CT molecular complexity index is 615. The van der Waals surface area contributed by atoms with Crippen LogP contribution in [0.3, 0.4) is 0 Å². The number of carbonyl (C=O) groups excluding carboxylic acids is 1. The van der Waals surface area contributed by atoms with Gasteiger partial charge in [-0.1, -0.05) is 36.9 Å². The first-order valence-corrected chi connectivity index (χ1v) is 13.0. The van der Waals surface area contributed by atoms with Crippen LogP contribution in [0.15, 0.2) is 45.5 Å². The van der Waals surface area contributed by atoms with E-state index in [0.29, 0.717) is 5.76 Å². The van der Waals surface area contributed by atoms with E-state index in [2.05, 4.69) is 39.2 Å². The van der Waals surface area contributed by atoms with Crippen LogP contribution in [-0.2, 0) is 9.22 Å². The van der Waals surface area contributed by atoms with Crippen LogP contribution in [0.1, 0.15) is 6.92 Å². The van der Waals surface area contributed by atoms with Gasteiger partial charge in [0, 0.05) is 5.57 Å². The first-order chi connectivity index (χ1) is 8.78. The highest BCUT2D eigenvalue weighted by molar-refractivity contribution is 7.07. The molecule has 0 N–H and O–H groups in total. The predicted molar refractivity (Wildman–Crippen MR) is 82.8 cm³/mol. The van der Waals surface area contributed by atoms with Gasteiger partial charge in [-0.2, -0.15) is 0 Å². The molecule has 1 heterocycles. The minimum absolute atomic E-state index is 0.117. The molecule has 1 unspecified atom stereocenters. The Morgan fingerprint density at radius 2 is 1.95 bits per heavy atom. The third-order valence-corrected chi connectivity index (χ3v) is 9.38. The fraction of sp³-hybridized carbons (Fsp3) is 0.400. The van der Waals surface area contributed by atoms with Crippen molar-refractivity contribution in [3.05, 3.63) is 45.5 Å². The summed E-state index contributed by atoms with van der Waals surface area (Å²) in [5, 5.41) is 2.89. The van der Waals surface area contributed by atoms with Gasteiger partial charge >= 0.3 is 0 Å². The van der Waals surface area contributed by atoms with Crippen molar-refractivity contribution in [1.82, 2.24) is 0 Å². The van der Waals surface area contributed by atoms with Gasteiger partial charge in [0.1, 0.15) is 8.07 Å². The number of rotatable bonds is 3. The van der Waals surface area contributed by atoms with Gasteiger partial charge in [-0.15, -0.1) is 0 Å². The first-order valence-electron chi connectivity index (χ1n) is 6.91. The molecule has 3 rings (SSSR count). The summed E-state index contributed by atoms with van der Waals surface area (Å²) in [7, 11) is -3.09. The van der Waals surface area contributed by atoms with Crippen molar-refractivity contribution in [1.29, 1.82) is 0 Å². The van der Waals surface area contributed by atoms with Crippen molar-refractivity contribution in [2.24, 2.45) is 0 Å². The van der Waals surface area contributed by atoms with Crippen molar-refractivity contribution in [3.63, 3.8) is 0 Å². The first kappa shape index (κ1) is 12.9. The van der Waals surface area contributed by atoms with E-state index in [1.54, 1.807) is 0 Å². The molecule has 0 saturated carbocycles. The summed E-state index contributed by atoms with van der Waals surface area (Å²) >= 11 is 0. The standard InChI is InChI=1S/C15H20O2Si2/c1-6-19(5)12-9-10-7-8-11(17-18(2,3)4)14(16)13(10)15(12)19/h7-9H,6H2,1-5H3. The fourth-order valence-electron chi connectivity index (χ4n) is 2.97. The Morgan fingerprint density at radius 3 is 2.53 bits per heavy atom. The molecule has 0 radical (unpaired) electrons. The molecule has 0 aromatic heterocycles. The Balaban J connectivity index is 1.98. The number of hydrogen-bond donors (Lipinski definition) is 0. The molecule has 0 aromatic carbocycles. The van der Waals surface area contributed by atoms with E-state index in [9.17, 15) is 4.79 Å². The summed E-state index contributed by atoms with van der Waals surface area (Å²) in [4.78, 5) is 12.6. The van der Waals surface area contributed by atoms with E-state index in [4.69, 9.17) is 4.43 Å². The lowest BCUT2D eigenvalue weighted by molar-refractivity contribution is -0.114. The van der Waals surface area contributed by atoms with Gasteiger partial charge in [0.15, 0.2) is 5.76 Å². The SMILES string of the molecule is CC[Si]1(C)C2=CC3=CC=C(O[Si](C)(C)C)C(=O)C3=C21. The minimum Gasteiger partial charge on any atom is -0.542 e. The molecule has 1 atom stereocenters. The van der Waals surface area contributed by atoms with Gasteiger partial charge < -0.3 is 4.43 Å². The van der Waals surface area contributed by atoms with E-state index in [1.165, 1.54) is 16.4 Å². The lowest BCUT2D eigenvalue weighted by atomic mass is 9.99. The van der Waals surface area contributed by atoms with Gasteiger partial charge in [0.2, 0.25) is 14.1 Å². The van der Waals surface area contributed by atoms with Crippen LogP contribution in [0, 0.1) is 0 Å². The van der Waals surface area contributed by atoms with Gasteiger partial charge in [-0.3, -0.25) is 4.79 Å². The average Bonchev–Trinajstić information content (AvgIpc) is 2.71. The molecule has 0 bridgehead atoms. The Morgan fingerprint density at radius 1 is 1.26 bits per heavy atom. The third kappa shape index (κ3) is 1.77. The Kier molecular flexibility index (Phi) is 2.51. The predicted octanol–water partition coefficient (Wildman–Crippen LogP) is 3.66. The Labute approximate surface area is 116 Å². The fourth-order valence-corrected chi connectivity index (χ4v) is 7.53. The van der Waals surface area contributed by atoms with Crippen molar-refractivity contribution in [2.45, 2.75) is 39.2 Å². The van der Waals surface area contributed by atoms with Gasteiger partial charge in [-0.05, 0) is 36.5 Å². The largest absolute Gasteiger partial charge is 0.542 e. The number of Topliss-reactive ketones (excluding diaryl/α,β-unsaturated/α-hetero) is 1. The smallest absolute Gasteiger partial charge is 0.242 e. The van der Waals surface area contributed by atoms with Crippen molar-refractivity contribution in [3.8, 4) is 0 Å². The van der Waals surface area contributed by atoms with Crippen molar-refractivity contribution < 1.29 is 9.22 Å². The summed E-state index contributed by atoms with van der Waals surface area (Å²) in [6.45, 7) is 10.9. The highest BCUT2D eigenvalue weighted by Gasteiger charge is 2.57. The van der Waals surface area contributed by atoms with Crippen LogP contribution in [0.25, 0.3) is 0 Å². The zero-order valence-electron chi connectivity index (χ0n) is 12.3. The molecule has 1 fully saturated rings. The topological polar surface area (TPSA) is 26.3 Å². The Hall–Kier alpha value is -1.14. The van der Waals surface area contributed by atoms with E-state index >= 15 is 0 Å². The van der Waals surface area contributed by atoms with E-state index in [1.807, 2.05) is 12.2 Å². The number of allylic oxidation sites excluding steroid dienone is 7. The second-order valence-corrected chi connectivity index (χ2v) is 15.5. The molecule has 1 saturated heterocycles. The van der Waals surface area contributed by atoms with Crippen molar-refractivity contribution in [2.75, 3.05) is 0 Å². The molecule has 4 heteroatoms. The van der Waals surface area contributed by atoms with E-state index in [0.717, 1.165) is 11.1 Å². The molecule has 0 amide bonds. The maximum atomic E-state index is 12.6. The molecular formula is C15H20O2Si2. The second-order valence-electron chi connectivity index (χ2n) is 6.69. The summed E-state index contributed by atoms with van der Waals surface area (Å²) in [5.74, 6) is 0.672. The molecule has 0 aromatic rings. The monoisotopic (exact) mass is 288 g/mol. The summed E-state index contributed by atoms with van der Waals surface area (Å²) in [5.41, 5.74) is 2.07. The van der Waals surface area contributed by atoms with E-state index < -0.39 is 16.4 Å². The third-order valence-electron chi connectivity index (χ3n) is 4.18. The summed E-state index contributed by atoms with van der Waals surface area (Å²) in [6.07, 6.45) is 6.13. The van der Waals surface area contributed by atoms with Crippen molar-refractivity contribution >= 4 is 22.2 Å². The number of fused-ring (bicyclic) bond motifs is 2. The normalized spacial score (nSPS) is 28.5. The number of carbonyl (C=O) groups is 1. The van der Waals surface area contributed by atoms with Crippen LogP contribution < -0.4 is 0 Å². The number of hydrogen-bond acceptors (Lipinski definition) is 2. The molecule has 0 spiro atoms. The van der Waals surface area contributed by atoms with Crippen LogP contribution >= 0.6 is 0 Å². The highest BCUT2D eigenvalue weighted by Crippen LogP contribution is 2.58. The lowest BCUT2D eigenvalue weighted by Crippen LogP contribution is -2.29. The molecule has 1 aliphatic heterocycles. The number of ketones is 1. The average molecular weight is 288 g/mol. The van der Waals surface area contributed by atoms with Crippen LogP contribution in [0.4, 0.5) is 0 Å². The van der Waals surface area contributed by atoms with Crippen LogP contribution in [0.2, 0.25) is 32.2 Å². The molecule has 2 nitrogen and oxygen atoms in total. The zero-order valence-corrected chi connectivity index (χ0v) is 14.3. The minimum atomic E-state index is -1.73. The van der Waals surface area contributed by atoms with E-state index in [-0.39, 0.29) is 5.78 Å². The van der Waals surface area contributed by atoms with Crippen LogP contribution in [0.5, 0.6) is 0 Å².